The molecule has 4 heteroatoms. The van der Waals surface area contributed by atoms with E-state index in [2.05, 4.69) is 26.3 Å². The van der Waals surface area contributed by atoms with Gasteiger partial charge in [0.05, 0.1) is 0 Å². The molecule has 0 radical (unpaired) electrons. The Labute approximate surface area is 109 Å². The van der Waals surface area contributed by atoms with Gasteiger partial charge in [0, 0.05) is 30.9 Å². The van der Waals surface area contributed by atoms with E-state index in [0.717, 1.165) is 42.4 Å². The minimum atomic E-state index is 0.735. The van der Waals surface area contributed by atoms with E-state index in [9.17, 15) is 0 Å². The number of anilines is 1. The Morgan fingerprint density at radius 1 is 1.28 bits per heavy atom. The lowest BCUT2D eigenvalue weighted by atomic mass is 9.85. The number of aromatic nitrogens is 2. The summed E-state index contributed by atoms with van der Waals surface area (Å²) in [5.74, 6) is 2.79. The molecule has 2 atom stereocenters. The Bertz CT molecular complexity index is 412. The van der Waals surface area contributed by atoms with Crippen molar-refractivity contribution in [3.63, 3.8) is 0 Å². The molecule has 3 heterocycles. The number of hydrogen-bond donors (Lipinski definition) is 1. The summed E-state index contributed by atoms with van der Waals surface area (Å²) in [6, 6.07) is 2.85. The fourth-order valence-electron chi connectivity index (χ4n) is 3.31. The second-order valence-electron chi connectivity index (χ2n) is 5.61. The van der Waals surface area contributed by atoms with E-state index in [-0.39, 0.29) is 0 Å². The van der Waals surface area contributed by atoms with E-state index in [4.69, 9.17) is 0 Å². The maximum absolute atomic E-state index is 4.59. The van der Waals surface area contributed by atoms with Crippen molar-refractivity contribution in [1.82, 2.24) is 15.3 Å². The third-order valence-electron chi connectivity index (χ3n) is 4.17. The van der Waals surface area contributed by atoms with Crippen LogP contribution in [-0.4, -0.2) is 35.6 Å². The van der Waals surface area contributed by atoms with Gasteiger partial charge in [-0.05, 0) is 45.6 Å². The summed E-state index contributed by atoms with van der Waals surface area (Å²) >= 11 is 0. The smallest absolute Gasteiger partial charge is 0.132 e. The minimum absolute atomic E-state index is 0.735. The van der Waals surface area contributed by atoms with Crippen LogP contribution < -0.4 is 10.2 Å². The first-order valence-corrected chi connectivity index (χ1v) is 7.03. The van der Waals surface area contributed by atoms with Crippen molar-refractivity contribution < 1.29 is 0 Å². The zero-order valence-electron chi connectivity index (χ0n) is 11.3. The quantitative estimate of drug-likeness (QED) is 0.818. The van der Waals surface area contributed by atoms with Gasteiger partial charge < -0.3 is 10.2 Å². The molecule has 3 rings (SSSR count). The van der Waals surface area contributed by atoms with Gasteiger partial charge in [0.1, 0.15) is 11.6 Å². The van der Waals surface area contributed by atoms with Gasteiger partial charge in [0.25, 0.3) is 0 Å². The minimum Gasteiger partial charge on any atom is -0.356 e. The standard InChI is InChI=1S/C14H22N4/c1-10-8-14(17-11(2)16-10)18-7-5-13-12(9-18)4-3-6-15-13/h8,12-13,15H,3-7,9H2,1-2H3. The average Bonchev–Trinajstić information content (AvgIpc) is 2.37. The normalized spacial score (nSPS) is 28.0. The van der Waals surface area contributed by atoms with Gasteiger partial charge in [0.15, 0.2) is 0 Å². The third-order valence-corrected chi connectivity index (χ3v) is 4.17. The fraction of sp³-hybridized carbons (Fsp3) is 0.714. The first-order chi connectivity index (χ1) is 8.72. The number of fused-ring (bicyclic) bond motifs is 1. The van der Waals surface area contributed by atoms with Gasteiger partial charge in [-0.1, -0.05) is 0 Å². The molecular weight excluding hydrogens is 224 g/mol. The molecule has 98 valence electrons. The van der Waals surface area contributed by atoms with Crippen LogP contribution in [0.3, 0.4) is 0 Å². The van der Waals surface area contributed by atoms with Crippen molar-refractivity contribution in [2.45, 2.75) is 39.2 Å². The molecule has 18 heavy (non-hydrogen) atoms. The summed E-state index contributed by atoms with van der Waals surface area (Å²) in [6.45, 7) is 7.49. The first kappa shape index (κ1) is 11.9. The maximum Gasteiger partial charge on any atom is 0.132 e. The predicted molar refractivity (Wildman–Crippen MR) is 72.9 cm³/mol. The van der Waals surface area contributed by atoms with Crippen LogP contribution in [0.15, 0.2) is 6.07 Å². The van der Waals surface area contributed by atoms with Crippen LogP contribution in [0.5, 0.6) is 0 Å². The molecule has 2 saturated heterocycles. The highest BCUT2D eigenvalue weighted by atomic mass is 15.2. The molecule has 1 aromatic heterocycles. The number of piperidine rings is 2. The Balaban J connectivity index is 1.76. The highest BCUT2D eigenvalue weighted by Crippen LogP contribution is 2.27. The fourth-order valence-corrected chi connectivity index (χ4v) is 3.31. The van der Waals surface area contributed by atoms with Crippen LogP contribution in [0.1, 0.15) is 30.8 Å². The van der Waals surface area contributed by atoms with Crippen molar-refractivity contribution in [2.75, 3.05) is 24.5 Å². The molecule has 2 aliphatic rings. The number of hydrogen-bond acceptors (Lipinski definition) is 4. The molecule has 2 unspecified atom stereocenters. The van der Waals surface area contributed by atoms with E-state index in [1.165, 1.54) is 25.8 Å². The van der Waals surface area contributed by atoms with Crippen LogP contribution in [0.25, 0.3) is 0 Å². The largest absolute Gasteiger partial charge is 0.356 e. The summed E-state index contributed by atoms with van der Waals surface area (Å²) in [5.41, 5.74) is 1.07. The summed E-state index contributed by atoms with van der Waals surface area (Å²) in [7, 11) is 0. The van der Waals surface area contributed by atoms with Crippen molar-refractivity contribution >= 4 is 5.82 Å². The first-order valence-electron chi connectivity index (χ1n) is 7.03. The van der Waals surface area contributed by atoms with Gasteiger partial charge in [-0.25, -0.2) is 9.97 Å². The molecule has 0 spiro atoms. The van der Waals surface area contributed by atoms with Crippen LogP contribution in [0.4, 0.5) is 5.82 Å². The second kappa shape index (κ2) is 4.84. The van der Waals surface area contributed by atoms with Gasteiger partial charge in [0.2, 0.25) is 0 Å². The lowest BCUT2D eigenvalue weighted by Crippen LogP contribution is -2.52. The van der Waals surface area contributed by atoms with Crippen molar-refractivity contribution in [3.05, 3.63) is 17.6 Å². The molecule has 0 aromatic carbocycles. The molecule has 2 fully saturated rings. The van der Waals surface area contributed by atoms with Gasteiger partial charge in [-0.2, -0.15) is 0 Å². The average molecular weight is 246 g/mol. The molecule has 0 saturated carbocycles. The second-order valence-corrected chi connectivity index (χ2v) is 5.61. The highest BCUT2D eigenvalue weighted by molar-refractivity contribution is 5.40. The Morgan fingerprint density at radius 2 is 2.17 bits per heavy atom. The molecule has 1 aromatic rings. The Kier molecular flexibility index (Phi) is 3.20. The maximum atomic E-state index is 4.59. The molecule has 1 N–H and O–H groups in total. The summed E-state index contributed by atoms with van der Waals surface area (Å²) in [5, 5.41) is 3.66. The summed E-state index contributed by atoms with van der Waals surface area (Å²) < 4.78 is 0. The van der Waals surface area contributed by atoms with E-state index >= 15 is 0 Å². The predicted octanol–water partition coefficient (Wildman–Crippen LogP) is 1.67. The Morgan fingerprint density at radius 3 is 3.00 bits per heavy atom. The van der Waals surface area contributed by atoms with E-state index < -0.39 is 0 Å². The van der Waals surface area contributed by atoms with Crippen molar-refractivity contribution in [3.8, 4) is 0 Å². The zero-order valence-corrected chi connectivity index (χ0v) is 11.3. The van der Waals surface area contributed by atoms with Crippen LogP contribution in [0, 0.1) is 19.8 Å². The lowest BCUT2D eigenvalue weighted by Gasteiger charge is -2.42. The van der Waals surface area contributed by atoms with E-state index in [0.29, 0.717) is 0 Å². The van der Waals surface area contributed by atoms with Gasteiger partial charge in [-0.3, -0.25) is 0 Å². The van der Waals surface area contributed by atoms with E-state index in [1.807, 2.05) is 13.8 Å². The third kappa shape index (κ3) is 2.34. The number of aryl methyl sites for hydroxylation is 2. The lowest BCUT2D eigenvalue weighted by molar-refractivity contribution is 0.244. The topological polar surface area (TPSA) is 41.0 Å². The van der Waals surface area contributed by atoms with Crippen molar-refractivity contribution in [1.29, 1.82) is 0 Å². The number of rotatable bonds is 1. The van der Waals surface area contributed by atoms with Crippen molar-refractivity contribution in [2.24, 2.45) is 5.92 Å². The molecule has 2 aliphatic heterocycles. The molecular formula is C14H22N4. The van der Waals surface area contributed by atoms with Crippen LogP contribution in [0.2, 0.25) is 0 Å². The van der Waals surface area contributed by atoms with Gasteiger partial charge in [-0.15, -0.1) is 0 Å². The molecule has 0 amide bonds. The van der Waals surface area contributed by atoms with Gasteiger partial charge >= 0.3 is 0 Å². The molecule has 4 nitrogen and oxygen atoms in total. The van der Waals surface area contributed by atoms with Crippen LogP contribution in [-0.2, 0) is 0 Å². The summed E-state index contributed by atoms with van der Waals surface area (Å²) in [4.78, 5) is 11.4. The number of nitrogens with zero attached hydrogens (tertiary/aromatic N) is 3. The summed E-state index contributed by atoms with van der Waals surface area (Å²) in [6.07, 6.45) is 3.92. The van der Waals surface area contributed by atoms with Crippen LogP contribution >= 0.6 is 0 Å². The number of nitrogens with one attached hydrogen (secondary N) is 1. The molecule has 0 bridgehead atoms. The monoisotopic (exact) mass is 246 g/mol. The SMILES string of the molecule is Cc1cc(N2CCC3NCCCC3C2)nc(C)n1. The molecule has 0 aliphatic carbocycles. The van der Waals surface area contributed by atoms with E-state index in [1.54, 1.807) is 0 Å². The zero-order chi connectivity index (χ0) is 12.5. The highest BCUT2D eigenvalue weighted by Gasteiger charge is 2.31. The Hall–Kier alpha value is -1.16.